The zero-order valence-corrected chi connectivity index (χ0v) is 12.7. The van der Waals surface area contributed by atoms with Crippen molar-refractivity contribution < 1.29 is 9.66 Å². The van der Waals surface area contributed by atoms with Crippen LogP contribution in [0.3, 0.4) is 0 Å². The second-order valence-electron chi connectivity index (χ2n) is 4.82. The third-order valence-corrected chi connectivity index (χ3v) is 3.15. The molecule has 2 aromatic rings. The summed E-state index contributed by atoms with van der Waals surface area (Å²) in [5, 5.41) is 15.0. The SMILES string of the molecule is COc1ccc(C)cc1/C(C)=N\Nc1cccc([N+](=O)[O-])c1. The van der Waals surface area contributed by atoms with Crippen molar-refractivity contribution in [3.63, 3.8) is 0 Å². The minimum absolute atomic E-state index is 0.0194. The number of anilines is 1. The topological polar surface area (TPSA) is 76.8 Å². The fraction of sp³-hybridized carbons (Fsp3) is 0.188. The molecule has 0 aliphatic carbocycles. The molecular weight excluding hydrogens is 282 g/mol. The molecule has 0 spiro atoms. The van der Waals surface area contributed by atoms with Crippen molar-refractivity contribution in [1.29, 1.82) is 0 Å². The second kappa shape index (κ2) is 6.71. The zero-order valence-electron chi connectivity index (χ0n) is 12.7. The van der Waals surface area contributed by atoms with Gasteiger partial charge in [0.05, 0.1) is 23.4 Å². The molecule has 0 fully saturated rings. The van der Waals surface area contributed by atoms with E-state index in [9.17, 15) is 10.1 Å². The van der Waals surface area contributed by atoms with Gasteiger partial charge in [-0.25, -0.2) is 0 Å². The van der Waals surface area contributed by atoms with Gasteiger partial charge in [0.1, 0.15) is 5.75 Å². The number of nitro groups is 1. The number of ether oxygens (including phenoxy) is 1. The Bertz CT molecular complexity index is 726. The molecule has 0 saturated carbocycles. The van der Waals surface area contributed by atoms with Gasteiger partial charge >= 0.3 is 0 Å². The lowest BCUT2D eigenvalue weighted by molar-refractivity contribution is -0.384. The van der Waals surface area contributed by atoms with Crippen LogP contribution in [-0.4, -0.2) is 17.7 Å². The van der Waals surface area contributed by atoms with Crippen molar-refractivity contribution >= 4 is 17.1 Å². The van der Waals surface area contributed by atoms with Crippen molar-refractivity contribution in [2.24, 2.45) is 5.10 Å². The average molecular weight is 299 g/mol. The van der Waals surface area contributed by atoms with Crippen molar-refractivity contribution in [2.45, 2.75) is 13.8 Å². The smallest absolute Gasteiger partial charge is 0.271 e. The quantitative estimate of drug-likeness (QED) is 0.518. The van der Waals surface area contributed by atoms with E-state index in [0.29, 0.717) is 5.69 Å². The van der Waals surface area contributed by atoms with Crippen LogP contribution in [0, 0.1) is 17.0 Å². The van der Waals surface area contributed by atoms with Gasteiger partial charge in [-0.15, -0.1) is 0 Å². The molecule has 22 heavy (non-hydrogen) atoms. The molecule has 0 atom stereocenters. The van der Waals surface area contributed by atoms with Crippen LogP contribution in [-0.2, 0) is 0 Å². The largest absolute Gasteiger partial charge is 0.496 e. The molecular formula is C16H17N3O3. The molecule has 0 bridgehead atoms. The van der Waals surface area contributed by atoms with Crippen LogP contribution in [0.25, 0.3) is 0 Å². The lowest BCUT2D eigenvalue weighted by atomic mass is 10.1. The maximum Gasteiger partial charge on any atom is 0.271 e. The molecule has 0 heterocycles. The molecule has 0 saturated heterocycles. The predicted octanol–water partition coefficient (Wildman–Crippen LogP) is 3.75. The number of hydrazone groups is 1. The number of methoxy groups -OCH3 is 1. The Labute approximate surface area is 128 Å². The summed E-state index contributed by atoms with van der Waals surface area (Å²) in [4.78, 5) is 10.3. The number of hydrogen-bond acceptors (Lipinski definition) is 5. The Morgan fingerprint density at radius 3 is 2.73 bits per heavy atom. The van der Waals surface area contributed by atoms with Gasteiger partial charge in [0.15, 0.2) is 0 Å². The molecule has 1 N–H and O–H groups in total. The molecule has 2 rings (SSSR count). The summed E-state index contributed by atoms with van der Waals surface area (Å²) in [6.07, 6.45) is 0. The van der Waals surface area contributed by atoms with Gasteiger partial charge in [0.25, 0.3) is 5.69 Å². The molecule has 0 radical (unpaired) electrons. The summed E-state index contributed by atoms with van der Waals surface area (Å²) in [5.41, 5.74) is 6.11. The van der Waals surface area contributed by atoms with E-state index in [1.54, 1.807) is 19.2 Å². The number of hydrogen-bond donors (Lipinski definition) is 1. The summed E-state index contributed by atoms with van der Waals surface area (Å²) in [6, 6.07) is 12.0. The van der Waals surface area contributed by atoms with Crippen LogP contribution in [0.1, 0.15) is 18.1 Å². The Balaban J connectivity index is 2.25. The van der Waals surface area contributed by atoms with Crippen LogP contribution in [0.15, 0.2) is 47.6 Å². The predicted molar refractivity (Wildman–Crippen MR) is 86.7 cm³/mol. The van der Waals surface area contributed by atoms with E-state index in [2.05, 4.69) is 10.5 Å². The first-order valence-electron chi connectivity index (χ1n) is 6.71. The van der Waals surface area contributed by atoms with Crippen molar-refractivity contribution in [3.05, 3.63) is 63.7 Å². The number of nitro benzene ring substituents is 1. The summed E-state index contributed by atoms with van der Waals surface area (Å²) in [6.45, 7) is 3.84. The highest BCUT2D eigenvalue weighted by atomic mass is 16.6. The molecule has 0 aliphatic heterocycles. The number of non-ortho nitro benzene ring substituents is 1. The van der Waals surface area contributed by atoms with Gasteiger partial charge in [0.2, 0.25) is 0 Å². The summed E-state index contributed by atoms with van der Waals surface area (Å²) < 4.78 is 5.33. The highest BCUT2D eigenvalue weighted by Gasteiger charge is 2.08. The third kappa shape index (κ3) is 3.60. The number of rotatable bonds is 5. The fourth-order valence-corrected chi connectivity index (χ4v) is 2.00. The maximum absolute atomic E-state index is 10.8. The first-order valence-corrected chi connectivity index (χ1v) is 6.71. The first kappa shape index (κ1) is 15.5. The average Bonchev–Trinajstić information content (AvgIpc) is 2.52. The number of benzene rings is 2. The standard InChI is InChI=1S/C16H17N3O3/c1-11-7-8-16(22-3)15(9-11)12(2)17-18-13-5-4-6-14(10-13)19(20)21/h4-10,18H,1-3H3/b17-12-. The molecule has 6 heteroatoms. The fourth-order valence-electron chi connectivity index (χ4n) is 2.00. The van der Waals surface area contributed by atoms with E-state index in [0.717, 1.165) is 22.6 Å². The Hall–Kier alpha value is -2.89. The van der Waals surface area contributed by atoms with Gasteiger partial charge in [-0.3, -0.25) is 15.5 Å². The van der Waals surface area contributed by atoms with Crippen LogP contribution in [0.4, 0.5) is 11.4 Å². The Morgan fingerprint density at radius 1 is 1.27 bits per heavy atom. The van der Waals surface area contributed by atoms with Crippen LogP contribution >= 0.6 is 0 Å². The summed E-state index contributed by atoms with van der Waals surface area (Å²) >= 11 is 0. The van der Waals surface area contributed by atoms with Gasteiger partial charge in [-0.2, -0.15) is 5.10 Å². The van der Waals surface area contributed by atoms with Crippen LogP contribution in [0.2, 0.25) is 0 Å². The lowest BCUT2D eigenvalue weighted by Crippen LogP contribution is -2.03. The zero-order chi connectivity index (χ0) is 16.1. The molecule has 0 unspecified atom stereocenters. The molecule has 6 nitrogen and oxygen atoms in total. The van der Waals surface area contributed by atoms with Gasteiger partial charge in [0, 0.05) is 17.7 Å². The molecule has 0 amide bonds. The molecule has 2 aromatic carbocycles. The summed E-state index contributed by atoms with van der Waals surface area (Å²) in [5.74, 6) is 0.729. The monoisotopic (exact) mass is 299 g/mol. The molecule has 114 valence electrons. The Morgan fingerprint density at radius 2 is 2.05 bits per heavy atom. The van der Waals surface area contributed by atoms with E-state index in [4.69, 9.17) is 4.74 Å². The van der Waals surface area contributed by atoms with Crippen molar-refractivity contribution in [3.8, 4) is 5.75 Å². The number of nitrogens with one attached hydrogen (secondary N) is 1. The van der Waals surface area contributed by atoms with Crippen molar-refractivity contribution in [2.75, 3.05) is 12.5 Å². The van der Waals surface area contributed by atoms with E-state index < -0.39 is 4.92 Å². The van der Waals surface area contributed by atoms with Crippen LogP contribution < -0.4 is 10.2 Å². The van der Waals surface area contributed by atoms with E-state index in [-0.39, 0.29) is 5.69 Å². The highest BCUT2D eigenvalue weighted by molar-refractivity contribution is 6.01. The summed E-state index contributed by atoms with van der Waals surface area (Å²) in [7, 11) is 1.61. The minimum atomic E-state index is -0.439. The van der Waals surface area contributed by atoms with E-state index in [1.807, 2.05) is 32.0 Å². The normalized spacial score (nSPS) is 11.1. The number of aryl methyl sites for hydroxylation is 1. The van der Waals surface area contributed by atoms with Crippen molar-refractivity contribution in [1.82, 2.24) is 0 Å². The molecule has 0 aromatic heterocycles. The lowest BCUT2D eigenvalue weighted by Gasteiger charge is -2.09. The molecule has 0 aliphatic rings. The first-order chi connectivity index (χ1) is 10.5. The second-order valence-corrected chi connectivity index (χ2v) is 4.82. The van der Waals surface area contributed by atoms with Gasteiger partial charge in [-0.05, 0) is 32.0 Å². The highest BCUT2D eigenvalue weighted by Crippen LogP contribution is 2.21. The minimum Gasteiger partial charge on any atom is -0.496 e. The van der Waals surface area contributed by atoms with Crippen LogP contribution in [0.5, 0.6) is 5.75 Å². The maximum atomic E-state index is 10.8. The van der Waals surface area contributed by atoms with E-state index >= 15 is 0 Å². The number of nitrogens with zero attached hydrogens (tertiary/aromatic N) is 2. The van der Waals surface area contributed by atoms with Gasteiger partial charge < -0.3 is 4.74 Å². The van der Waals surface area contributed by atoms with E-state index in [1.165, 1.54) is 12.1 Å². The Kier molecular flexibility index (Phi) is 4.73. The third-order valence-electron chi connectivity index (χ3n) is 3.15. The van der Waals surface area contributed by atoms with Gasteiger partial charge in [-0.1, -0.05) is 17.7 Å².